The molecule has 0 radical (unpaired) electrons. The van der Waals surface area contributed by atoms with Gasteiger partial charge in [-0.1, -0.05) is 119 Å². The summed E-state index contributed by atoms with van der Waals surface area (Å²) in [6, 6.07) is 18.7. The normalized spacial score (nSPS) is 12.5. The number of hydrogen-bond acceptors (Lipinski definition) is 4. The van der Waals surface area contributed by atoms with E-state index in [1.165, 1.54) is 6.42 Å². The third kappa shape index (κ3) is 13.5. The lowest BCUT2D eigenvalue weighted by atomic mass is 10.1. The molecule has 3 aromatic rings. The summed E-state index contributed by atoms with van der Waals surface area (Å²) in [5, 5.41) is 16.2. The van der Waals surface area contributed by atoms with Gasteiger partial charge in [-0.25, -0.2) is 4.39 Å². The van der Waals surface area contributed by atoms with Crippen molar-refractivity contribution in [1.82, 2.24) is 15.1 Å². The van der Waals surface area contributed by atoms with Crippen LogP contribution < -0.4 is 10.1 Å². The maximum absolute atomic E-state index is 13.2. The SMILES string of the molecule is C=C/C=C\C=C/Cc1cc(-c2ccccc2)nn1Cc1ccc(CNC2=CC=C(C)C(CF)=CC2)cc1OC.CCC.CCC(=O)O. The predicted molar refractivity (Wildman–Crippen MR) is 193 cm³/mol. The molecule has 2 aromatic carbocycles. The van der Waals surface area contributed by atoms with Crippen molar-refractivity contribution in [3.05, 3.63) is 143 Å². The van der Waals surface area contributed by atoms with Crippen LogP contribution in [-0.2, 0) is 24.3 Å². The molecule has 0 unspecified atom stereocenters. The van der Waals surface area contributed by atoms with Gasteiger partial charge in [0.2, 0.25) is 0 Å². The van der Waals surface area contributed by atoms with Crippen molar-refractivity contribution in [1.29, 1.82) is 0 Å². The van der Waals surface area contributed by atoms with E-state index in [4.69, 9.17) is 14.9 Å². The molecule has 0 atom stereocenters. The fraction of sp³-hybridized carbons (Fsp3) is 0.300. The summed E-state index contributed by atoms with van der Waals surface area (Å²) in [4.78, 5) is 9.37. The van der Waals surface area contributed by atoms with Gasteiger partial charge in [0.05, 0.1) is 19.3 Å². The molecule has 0 bridgehead atoms. The summed E-state index contributed by atoms with van der Waals surface area (Å²) < 4.78 is 21.0. The predicted octanol–water partition coefficient (Wildman–Crippen LogP) is 9.56. The first-order chi connectivity index (χ1) is 22.8. The number of alkyl halides is 1. The average Bonchev–Trinajstić information content (AvgIpc) is 3.39. The molecule has 1 aliphatic rings. The van der Waals surface area contributed by atoms with E-state index in [0.29, 0.717) is 19.5 Å². The Bertz CT molecular complexity index is 1560. The van der Waals surface area contributed by atoms with Gasteiger partial charge in [0.1, 0.15) is 12.4 Å². The number of carboxylic acids is 1. The molecule has 4 rings (SSSR count). The topological polar surface area (TPSA) is 76.4 Å². The largest absolute Gasteiger partial charge is 0.496 e. The van der Waals surface area contributed by atoms with Gasteiger partial charge in [0.15, 0.2) is 0 Å². The van der Waals surface area contributed by atoms with E-state index in [1.807, 2.05) is 61.6 Å². The highest BCUT2D eigenvalue weighted by Crippen LogP contribution is 2.25. The van der Waals surface area contributed by atoms with Gasteiger partial charge >= 0.3 is 5.97 Å². The quantitative estimate of drug-likeness (QED) is 0.182. The number of aliphatic carboxylic acids is 1. The molecule has 0 spiro atoms. The van der Waals surface area contributed by atoms with Crippen LogP contribution in [0, 0.1) is 0 Å². The van der Waals surface area contributed by atoms with Crippen molar-refractivity contribution < 1.29 is 19.0 Å². The molecule has 0 saturated heterocycles. The van der Waals surface area contributed by atoms with Crippen LogP contribution >= 0.6 is 0 Å². The number of carbonyl (C=O) groups is 1. The molecule has 47 heavy (non-hydrogen) atoms. The molecule has 250 valence electrons. The number of ether oxygens (including phenoxy) is 1. The van der Waals surface area contributed by atoms with E-state index in [0.717, 1.165) is 57.1 Å². The Morgan fingerprint density at radius 1 is 1.09 bits per heavy atom. The van der Waals surface area contributed by atoms with Gasteiger partial charge in [-0.3, -0.25) is 9.48 Å². The highest BCUT2D eigenvalue weighted by atomic mass is 19.1. The molecule has 7 heteroatoms. The van der Waals surface area contributed by atoms with Gasteiger partial charge in [0.25, 0.3) is 0 Å². The number of nitrogens with one attached hydrogen (secondary N) is 1. The van der Waals surface area contributed by atoms with Crippen molar-refractivity contribution in [3.8, 4) is 17.0 Å². The number of allylic oxidation sites excluding steroid dienone is 10. The van der Waals surface area contributed by atoms with Crippen molar-refractivity contribution in [3.63, 3.8) is 0 Å². The van der Waals surface area contributed by atoms with Crippen LogP contribution in [0.25, 0.3) is 11.3 Å². The smallest absolute Gasteiger partial charge is 0.303 e. The zero-order valence-corrected chi connectivity index (χ0v) is 28.5. The number of rotatable bonds is 13. The molecule has 0 saturated carbocycles. The summed E-state index contributed by atoms with van der Waals surface area (Å²) in [6.45, 7) is 12.3. The summed E-state index contributed by atoms with van der Waals surface area (Å²) in [5.74, 6) is 0.0802. The second kappa shape index (κ2) is 21.8. The Balaban J connectivity index is 0.000000863. The molecule has 1 heterocycles. The Morgan fingerprint density at radius 3 is 2.45 bits per heavy atom. The van der Waals surface area contributed by atoms with E-state index in [2.05, 4.69) is 72.9 Å². The molecular formula is C40H50FN3O3. The Morgan fingerprint density at radius 2 is 1.81 bits per heavy atom. The van der Waals surface area contributed by atoms with Crippen LogP contribution in [0.3, 0.4) is 0 Å². The number of aromatic nitrogens is 2. The molecule has 0 aliphatic heterocycles. The van der Waals surface area contributed by atoms with Crippen molar-refractivity contribution >= 4 is 5.97 Å². The van der Waals surface area contributed by atoms with E-state index in [1.54, 1.807) is 20.1 Å². The maximum atomic E-state index is 13.2. The minimum Gasteiger partial charge on any atom is -0.496 e. The highest BCUT2D eigenvalue weighted by molar-refractivity contribution is 5.66. The Hall–Kier alpha value is -4.91. The number of methoxy groups -OCH3 is 1. The zero-order chi connectivity index (χ0) is 34.4. The maximum Gasteiger partial charge on any atom is 0.303 e. The van der Waals surface area contributed by atoms with Crippen molar-refractivity contribution in [2.24, 2.45) is 0 Å². The van der Waals surface area contributed by atoms with Crippen LogP contribution in [0.5, 0.6) is 5.75 Å². The minimum atomic E-state index is -0.745. The lowest BCUT2D eigenvalue weighted by Crippen LogP contribution is -2.13. The second-order valence-corrected chi connectivity index (χ2v) is 10.9. The van der Waals surface area contributed by atoms with Gasteiger partial charge in [-0.15, -0.1) is 0 Å². The summed E-state index contributed by atoms with van der Waals surface area (Å²) in [6.07, 6.45) is 18.7. The van der Waals surface area contributed by atoms with E-state index in [9.17, 15) is 9.18 Å². The highest BCUT2D eigenvalue weighted by Gasteiger charge is 2.13. The Labute approximate surface area is 280 Å². The Kier molecular flexibility index (Phi) is 17.7. The minimum absolute atomic E-state index is 0.222. The first-order valence-electron chi connectivity index (χ1n) is 16.1. The van der Waals surface area contributed by atoms with Crippen LogP contribution in [0.15, 0.2) is 127 Å². The fourth-order valence-corrected chi connectivity index (χ4v) is 4.41. The number of hydrogen-bond donors (Lipinski definition) is 2. The first kappa shape index (κ1) is 38.3. The number of nitrogens with zero attached hydrogens (tertiary/aromatic N) is 2. The zero-order valence-electron chi connectivity index (χ0n) is 28.5. The lowest BCUT2D eigenvalue weighted by Gasteiger charge is -2.14. The molecule has 6 nitrogen and oxygen atoms in total. The summed E-state index contributed by atoms with van der Waals surface area (Å²) >= 11 is 0. The second-order valence-electron chi connectivity index (χ2n) is 10.9. The van der Waals surface area contributed by atoms with Crippen molar-refractivity contribution in [2.45, 2.75) is 66.5 Å². The molecule has 2 N–H and O–H groups in total. The van der Waals surface area contributed by atoms with Crippen LogP contribution in [-0.4, -0.2) is 34.6 Å². The number of carboxylic acid groups (broad SMARTS) is 1. The molecule has 1 aliphatic carbocycles. The molecule has 1 aromatic heterocycles. The summed E-state index contributed by atoms with van der Waals surface area (Å²) in [5.41, 5.74) is 8.12. The lowest BCUT2D eigenvalue weighted by molar-refractivity contribution is -0.136. The van der Waals surface area contributed by atoms with Crippen LogP contribution in [0.2, 0.25) is 0 Å². The van der Waals surface area contributed by atoms with Gasteiger partial charge in [0, 0.05) is 48.3 Å². The van der Waals surface area contributed by atoms with Gasteiger partial charge in [-0.2, -0.15) is 5.10 Å². The van der Waals surface area contributed by atoms with Crippen LogP contribution in [0.1, 0.15) is 63.8 Å². The average molecular weight is 640 g/mol. The fourth-order valence-electron chi connectivity index (χ4n) is 4.41. The van der Waals surface area contributed by atoms with E-state index >= 15 is 0 Å². The third-order valence-corrected chi connectivity index (χ3v) is 7.00. The van der Waals surface area contributed by atoms with Crippen molar-refractivity contribution in [2.75, 3.05) is 13.8 Å². The molecular weight excluding hydrogens is 589 g/mol. The monoisotopic (exact) mass is 639 g/mol. The number of halogens is 1. The standard InChI is InChI=1S/C34H36FN3O.C3H6O2.C3H8/c1-4-5-6-7-11-14-32-22-33(28-12-9-8-10-13-28)37-38(32)25-30-17-16-27(21-34(30)39-3)24-36-31-19-15-26(2)29(23-35)18-20-31;1-2-3(4)5;1-3-2/h4-13,15-19,21-22,36H,1,14,20,23-25H2,2-3H3;2H2,1H3,(H,4,5);3H2,1-2H3/b6-5-,11-7-;;. The van der Waals surface area contributed by atoms with Gasteiger partial charge < -0.3 is 15.2 Å². The first-order valence-corrected chi connectivity index (χ1v) is 16.1. The third-order valence-electron chi connectivity index (χ3n) is 7.00. The number of benzene rings is 2. The van der Waals surface area contributed by atoms with Gasteiger partial charge in [-0.05, 0) is 41.8 Å². The van der Waals surface area contributed by atoms with E-state index in [-0.39, 0.29) is 6.42 Å². The van der Waals surface area contributed by atoms with Crippen LogP contribution in [0.4, 0.5) is 4.39 Å². The summed E-state index contributed by atoms with van der Waals surface area (Å²) in [7, 11) is 1.70. The molecule has 0 amide bonds. The molecule has 0 fully saturated rings. The van der Waals surface area contributed by atoms with E-state index < -0.39 is 12.6 Å².